The number of aromatic nitrogens is 4. The lowest BCUT2D eigenvalue weighted by Crippen LogP contribution is -2.28. The van der Waals surface area contributed by atoms with Crippen LogP contribution in [0.4, 0.5) is 11.6 Å². The van der Waals surface area contributed by atoms with Crippen LogP contribution in [0.3, 0.4) is 0 Å². The lowest BCUT2D eigenvalue weighted by atomic mass is 10.0. The third-order valence-electron chi connectivity index (χ3n) is 5.87. The molecule has 2 aromatic heterocycles. The van der Waals surface area contributed by atoms with Gasteiger partial charge < -0.3 is 19.5 Å². The molecular formula is C21H27N7O3. The standard InChI is InChI=1S/C19H21N7O3.C2H6/c1-24-6-12-8-25(9-13(12)7-24)19-22-16(17-18(23-19)21-10-20-17)11-3-4-15(29-2)14(5-11)26(27)28;1-2/h3-5,10,12-13H,6-9H2,1-2H3,(H,20,21,22,23);1-2H3. The molecule has 0 bridgehead atoms. The number of benzene rings is 1. The minimum absolute atomic E-state index is 0.100. The van der Waals surface area contributed by atoms with Crippen LogP contribution in [0, 0.1) is 22.0 Å². The molecule has 4 heterocycles. The van der Waals surface area contributed by atoms with E-state index < -0.39 is 4.92 Å². The molecule has 0 amide bonds. The Balaban J connectivity index is 0.00000112. The minimum atomic E-state index is -0.452. The van der Waals surface area contributed by atoms with Crippen molar-refractivity contribution in [3.8, 4) is 17.0 Å². The average molecular weight is 425 g/mol. The van der Waals surface area contributed by atoms with Gasteiger partial charge in [-0.3, -0.25) is 10.1 Å². The molecule has 2 fully saturated rings. The molecule has 1 N–H and O–H groups in total. The number of fused-ring (bicyclic) bond motifs is 2. The Morgan fingerprint density at radius 2 is 1.87 bits per heavy atom. The van der Waals surface area contributed by atoms with E-state index in [1.54, 1.807) is 18.5 Å². The summed E-state index contributed by atoms with van der Waals surface area (Å²) >= 11 is 0. The number of aromatic amines is 1. The van der Waals surface area contributed by atoms with E-state index in [1.807, 2.05) is 13.8 Å². The summed E-state index contributed by atoms with van der Waals surface area (Å²) in [5, 5.41) is 11.5. The number of hydrogen-bond acceptors (Lipinski definition) is 8. The maximum Gasteiger partial charge on any atom is 0.311 e. The summed E-state index contributed by atoms with van der Waals surface area (Å²) in [6.45, 7) is 7.99. The highest BCUT2D eigenvalue weighted by atomic mass is 16.6. The molecule has 31 heavy (non-hydrogen) atoms. The Bertz CT molecular complexity index is 1090. The van der Waals surface area contributed by atoms with Gasteiger partial charge in [0.05, 0.1) is 18.4 Å². The lowest BCUT2D eigenvalue weighted by Gasteiger charge is -2.20. The van der Waals surface area contributed by atoms with E-state index in [-0.39, 0.29) is 11.4 Å². The van der Waals surface area contributed by atoms with Crippen molar-refractivity contribution in [2.75, 3.05) is 45.2 Å². The lowest BCUT2D eigenvalue weighted by molar-refractivity contribution is -0.385. The highest BCUT2D eigenvalue weighted by molar-refractivity contribution is 5.88. The second-order valence-electron chi connectivity index (χ2n) is 7.76. The number of H-pyrrole nitrogens is 1. The largest absolute Gasteiger partial charge is 0.490 e. The first-order chi connectivity index (χ1) is 15.0. The molecule has 2 unspecified atom stereocenters. The van der Waals surface area contributed by atoms with E-state index in [4.69, 9.17) is 9.72 Å². The number of rotatable bonds is 4. The minimum Gasteiger partial charge on any atom is -0.490 e. The van der Waals surface area contributed by atoms with E-state index in [2.05, 4.69) is 31.8 Å². The summed E-state index contributed by atoms with van der Waals surface area (Å²) in [6, 6.07) is 4.85. The van der Waals surface area contributed by atoms with Crippen molar-refractivity contribution in [1.29, 1.82) is 0 Å². The molecule has 2 aliphatic rings. The van der Waals surface area contributed by atoms with Crippen LogP contribution in [0.1, 0.15) is 13.8 Å². The number of methoxy groups -OCH3 is 1. The molecule has 10 nitrogen and oxygen atoms in total. The van der Waals surface area contributed by atoms with E-state index in [9.17, 15) is 10.1 Å². The number of nitro benzene ring substituents is 1. The fourth-order valence-corrected chi connectivity index (χ4v) is 4.54. The van der Waals surface area contributed by atoms with E-state index in [0.29, 0.717) is 40.2 Å². The summed E-state index contributed by atoms with van der Waals surface area (Å²) in [7, 11) is 3.57. The van der Waals surface area contributed by atoms with Gasteiger partial charge in [-0.1, -0.05) is 13.8 Å². The summed E-state index contributed by atoms with van der Waals surface area (Å²) < 4.78 is 5.12. The average Bonchev–Trinajstić information content (AvgIpc) is 3.48. The molecule has 1 aromatic carbocycles. The quantitative estimate of drug-likeness (QED) is 0.501. The van der Waals surface area contributed by atoms with Gasteiger partial charge in [0.25, 0.3) is 0 Å². The highest BCUT2D eigenvalue weighted by Crippen LogP contribution is 2.36. The molecular weight excluding hydrogens is 398 g/mol. The molecule has 2 saturated heterocycles. The molecule has 0 saturated carbocycles. The first-order valence-electron chi connectivity index (χ1n) is 10.5. The first kappa shape index (κ1) is 21.0. The van der Waals surface area contributed by atoms with Crippen LogP contribution in [-0.4, -0.2) is 70.1 Å². The zero-order valence-electron chi connectivity index (χ0n) is 18.2. The second-order valence-corrected chi connectivity index (χ2v) is 7.76. The monoisotopic (exact) mass is 425 g/mol. The molecule has 5 rings (SSSR count). The number of ether oxygens (including phenoxy) is 1. The van der Waals surface area contributed by atoms with Crippen LogP contribution in [0.5, 0.6) is 5.75 Å². The number of anilines is 1. The smallest absolute Gasteiger partial charge is 0.311 e. The molecule has 164 valence electrons. The van der Waals surface area contributed by atoms with Gasteiger partial charge in [-0.25, -0.2) is 9.97 Å². The number of nitrogens with zero attached hydrogens (tertiary/aromatic N) is 6. The van der Waals surface area contributed by atoms with Gasteiger partial charge in [0, 0.05) is 37.8 Å². The van der Waals surface area contributed by atoms with Crippen molar-refractivity contribution in [3.05, 3.63) is 34.6 Å². The normalized spacial score (nSPS) is 20.5. The topological polar surface area (TPSA) is 113 Å². The van der Waals surface area contributed by atoms with Crippen molar-refractivity contribution in [1.82, 2.24) is 24.8 Å². The molecule has 0 spiro atoms. The van der Waals surface area contributed by atoms with Crippen LogP contribution < -0.4 is 9.64 Å². The van der Waals surface area contributed by atoms with Crippen molar-refractivity contribution in [2.24, 2.45) is 11.8 Å². The Labute approximate surface area is 180 Å². The Morgan fingerprint density at radius 1 is 1.16 bits per heavy atom. The van der Waals surface area contributed by atoms with Gasteiger partial charge in [-0.2, -0.15) is 4.98 Å². The van der Waals surface area contributed by atoms with Gasteiger partial charge in [-0.15, -0.1) is 0 Å². The van der Waals surface area contributed by atoms with E-state index in [1.165, 1.54) is 13.2 Å². The molecule has 0 aliphatic carbocycles. The predicted octanol–water partition coefficient (Wildman–Crippen LogP) is 2.96. The molecule has 2 atom stereocenters. The van der Waals surface area contributed by atoms with Crippen LogP contribution in [0.2, 0.25) is 0 Å². The van der Waals surface area contributed by atoms with Gasteiger partial charge in [0.2, 0.25) is 5.95 Å². The molecule has 0 radical (unpaired) electrons. The number of nitro groups is 1. The van der Waals surface area contributed by atoms with Crippen molar-refractivity contribution in [2.45, 2.75) is 13.8 Å². The number of nitrogens with one attached hydrogen (secondary N) is 1. The highest BCUT2D eigenvalue weighted by Gasteiger charge is 2.39. The molecule has 2 aliphatic heterocycles. The van der Waals surface area contributed by atoms with Gasteiger partial charge in [0.15, 0.2) is 11.4 Å². The SMILES string of the molecule is CC.COc1ccc(-c2nc(N3CC4CN(C)CC4C3)nc3nc[nH]c23)cc1[N+](=O)[O-]. The Morgan fingerprint density at radius 3 is 2.52 bits per heavy atom. The van der Waals surface area contributed by atoms with Crippen LogP contribution in [-0.2, 0) is 0 Å². The second kappa shape index (κ2) is 8.46. The maximum absolute atomic E-state index is 11.5. The van der Waals surface area contributed by atoms with Crippen molar-refractivity contribution >= 4 is 22.8 Å². The Kier molecular flexibility index (Phi) is 5.73. The number of imidazole rings is 1. The predicted molar refractivity (Wildman–Crippen MR) is 118 cm³/mol. The van der Waals surface area contributed by atoms with Crippen molar-refractivity contribution in [3.63, 3.8) is 0 Å². The first-order valence-corrected chi connectivity index (χ1v) is 10.5. The third kappa shape index (κ3) is 3.78. The molecule has 3 aromatic rings. The van der Waals surface area contributed by atoms with E-state index >= 15 is 0 Å². The van der Waals surface area contributed by atoms with Gasteiger partial charge in [0.1, 0.15) is 11.2 Å². The summed E-state index contributed by atoms with van der Waals surface area (Å²) in [6.07, 6.45) is 1.57. The zero-order chi connectivity index (χ0) is 22.1. The third-order valence-corrected chi connectivity index (χ3v) is 5.87. The Hall–Kier alpha value is -3.27. The van der Waals surface area contributed by atoms with Crippen molar-refractivity contribution < 1.29 is 9.66 Å². The maximum atomic E-state index is 11.5. The van der Waals surface area contributed by atoms with Crippen LogP contribution in [0.15, 0.2) is 24.5 Å². The van der Waals surface area contributed by atoms with Gasteiger partial charge >= 0.3 is 5.69 Å². The zero-order valence-corrected chi connectivity index (χ0v) is 18.2. The van der Waals surface area contributed by atoms with E-state index in [0.717, 1.165) is 26.2 Å². The fraction of sp³-hybridized carbons (Fsp3) is 0.476. The summed E-state index contributed by atoms with van der Waals surface area (Å²) in [5.74, 6) is 2.06. The summed E-state index contributed by atoms with van der Waals surface area (Å²) in [5.41, 5.74) is 2.33. The summed E-state index contributed by atoms with van der Waals surface area (Å²) in [4.78, 5) is 32.4. The van der Waals surface area contributed by atoms with Crippen LogP contribution >= 0.6 is 0 Å². The van der Waals surface area contributed by atoms with Crippen LogP contribution in [0.25, 0.3) is 22.4 Å². The number of likely N-dealkylation sites (tertiary alicyclic amines) is 1. The van der Waals surface area contributed by atoms with Gasteiger partial charge in [-0.05, 0) is 31.0 Å². The fourth-order valence-electron chi connectivity index (χ4n) is 4.54. The number of hydrogen-bond donors (Lipinski definition) is 1. The molecule has 10 heteroatoms.